The summed E-state index contributed by atoms with van der Waals surface area (Å²) in [6, 6.07) is 0.509. The number of nitrogens with one attached hydrogen (secondary N) is 2. The van der Waals surface area contributed by atoms with E-state index < -0.39 is 0 Å². The van der Waals surface area contributed by atoms with Gasteiger partial charge in [-0.05, 0) is 39.3 Å². The molecule has 110 valence electrons. The molecule has 0 unspecified atom stereocenters. The summed E-state index contributed by atoms with van der Waals surface area (Å²) < 4.78 is 0. The van der Waals surface area contributed by atoms with Gasteiger partial charge in [0.2, 0.25) is 0 Å². The summed E-state index contributed by atoms with van der Waals surface area (Å²) in [5.74, 6) is 0.947. The van der Waals surface area contributed by atoms with E-state index in [-0.39, 0.29) is 5.41 Å². The van der Waals surface area contributed by atoms with E-state index in [0.717, 1.165) is 38.4 Å². The molecular weight excluding hydrogens is 236 g/mol. The first-order valence-corrected chi connectivity index (χ1v) is 7.27. The van der Waals surface area contributed by atoms with Crippen LogP contribution in [0, 0.1) is 5.41 Å². The maximum Gasteiger partial charge on any atom is 0.191 e. The third-order valence-corrected chi connectivity index (χ3v) is 3.10. The van der Waals surface area contributed by atoms with Crippen molar-refractivity contribution in [3.8, 4) is 0 Å². The summed E-state index contributed by atoms with van der Waals surface area (Å²) in [7, 11) is 4.22. The van der Waals surface area contributed by atoms with Gasteiger partial charge >= 0.3 is 0 Å². The maximum atomic E-state index is 4.74. The Balaban J connectivity index is 2.51. The number of rotatable bonds is 6. The van der Waals surface area contributed by atoms with Crippen LogP contribution in [0.25, 0.3) is 0 Å². The molecular formula is C15H30N4. The highest BCUT2D eigenvalue weighted by atomic mass is 15.2. The first-order valence-electron chi connectivity index (χ1n) is 7.27. The molecule has 1 rings (SSSR count). The van der Waals surface area contributed by atoms with Crippen LogP contribution in [0.3, 0.4) is 0 Å². The molecule has 4 nitrogen and oxygen atoms in total. The lowest BCUT2D eigenvalue weighted by atomic mass is 9.93. The fourth-order valence-electron chi connectivity index (χ4n) is 2.45. The lowest BCUT2D eigenvalue weighted by Gasteiger charge is -2.27. The zero-order valence-corrected chi connectivity index (χ0v) is 13.2. The maximum absolute atomic E-state index is 4.74. The minimum Gasteiger partial charge on any atom is -0.357 e. The van der Waals surface area contributed by atoms with Gasteiger partial charge in [-0.1, -0.05) is 26.0 Å². The van der Waals surface area contributed by atoms with E-state index in [0.29, 0.717) is 6.04 Å². The highest BCUT2D eigenvalue weighted by Gasteiger charge is 2.19. The zero-order valence-electron chi connectivity index (χ0n) is 13.2. The van der Waals surface area contributed by atoms with Crippen molar-refractivity contribution in [1.29, 1.82) is 0 Å². The van der Waals surface area contributed by atoms with Crippen molar-refractivity contribution < 1.29 is 0 Å². The van der Waals surface area contributed by atoms with Crippen LogP contribution in [-0.4, -0.2) is 50.6 Å². The summed E-state index contributed by atoms with van der Waals surface area (Å²) >= 11 is 0. The molecule has 0 heterocycles. The van der Waals surface area contributed by atoms with E-state index >= 15 is 0 Å². The van der Waals surface area contributed by atoms with Gasteiger partial charge in [0.25, 0.3) is 0 Å². The van der Waals surface area contributed by atoms with E-state index in [2.05, 4.69) is 62.6 Å². The molecule has 1 aliphatic rings. The Morgan fingerprint density at radius 1 is 1.32 bits per heavy atom. The van der Waals surface area contributed by atoms with Crippen molar-refractivity contribution in [2.75, 3.05) is 33.7 Å². The second-order valence-corrected chi connectivity index (χ2v) is 6.38. The molecule has 0 spiro atoms. The van der Waals surface area contributed by atoms with Gasteiger partial charge < -0.3 is 15.5 Å². The van der Waals surface area contributed by atoms with Crippen LogP contribution in [0.4, 0.5) is 0 Å². The highest BCUT2D eigenvalue weighted by Crippen LogP contribution is 2.16. The van der Waals surface area contributed by atoms with Crippen LogP contribution in [0.2, 0.25) is 0 Å². The average molecular weight is 266 g/mol. The Morgan fingerprint density at radius 2 is 1.95 bits per heavy atom. The van der Waals surface area contributed by atoms with Crippen molar-refractivity contribution in [3.05, 3.63) is 12.2 Å². The SMILES string of the molecule is CCNC(=NCC(C)(C)CN(C)C)NC1CC=CC1. The predicted molar refractivity (Wildman–Crippen MR) is 83.6 cm³/mol. The molecule has 0 amide bonds. The molecule has 0 atom stereocenters. The average Bonchev–Trinajstić information content (AvgIpc) is 2.77. The standard InChI is InChI=1S/C15H30N4/c1-6-16-14(18-13-9-7-8-10-13)17-11-15(2,3)12-19(4)5/h7-8,13H,6,9-12H2,1-5H3,(H2,16,17,18). The molecule has 0 aromatic heterocycles. The molecule has 19 heavy (non-hydrogen) atoms. The van der Waals surface area contributed by atoms with E-state index in [9.17, 15) is 0 Å². The van der Waals surface area contributed by atoms with Gasteiger partial charge in [0, 0.05) is 25.7 Å². The van der Waals surface area contributed by atoms with Crippen LogP contribution >= 0.6 is 0 Å². The third kappa shape index (κ3) is 6.62. The summed E-state index contributed by atoms with van der Waals surface area (Å²) in [5.41, 5.74) is 0.194. The molecule has 0 aromatic rings. The van der Waals surface area contributed by atoms with Crippen molar-refractivity contribution in [2.45, 2.75) is 39.7 Å². The molecule has 2 N–H and O–H groups in total. The van der Waals surface area contributed by atoms with Crippen molar-refractivity contribution in [2.24, 2.45) is 10.4 Å². The molecule has 1 aliphatic carbocycles. The van der Waals surface area contributed by atoms with Crippen LogP contribution in [0.5, 0.6) is 0 Å². The molecule has 0 saturated carbocycles. The molecule has 0 aliphatic heterocycles. The van der Waals surface area contributed by atoms with Crippen molar-refractivity contribution >= 4 is 5.96 Å². The molecule has 0 aromatic carbocycles. The smallest absolute Gasteiger partial charge is 0.191 e. The van der Waals surface area contributed by atoms with Gasteiger partial charge in [0.15, 0.2) is 5.96 Å². The van der Waals surface area contributed by atoms with Gasteiger partial charge in [0.1, 0.15) is 0 Å². The first kappa shape index (κ1) is 16.0. The van der Waals surface area contributed by atoms with Crippen molar-refractivity contribution in [1.82, 2.24) is 15.5 Å². The number of guanidine groups is 1. The summed E-state index contributed by atoms with van der Waals surface area (Å²) in [6.45, 7) is 9.41. The Labute approximate surface area is 118 Å². The monoisotopic (exact) mass is 266 g/mol. The molecule has 0 radical (unpaired) electrons. The molecule has 0 fully saturated rings. The molecule has 0 saturated heterocycles. The number of nitrogens with zero attached hydrogens (tertiary/aromatic N) is 2. The van der Waals surface area contributed by atoms with E-state index in [1.165, 1.54) is 0 Å². The number of hydrogen-bond donors (Lipinski definition) is 2. The summed E-state index contributed by atoms with van der Waals surface area (Å²) in [5, 5.41) is 6.84. The van der Waals surface area contributed by atoms with Gasteiger partial charge in [-0.2, -0.15) is 0 Å². The summed E-state index contributed by atoms with van der Waals surface area (Å²) in [6.07, 6.45) is 6.67. The van der Waals surface area contributed by atoms with Crippen LogP contribution in [0.1, 0.15) is 33.6 Å². The predicted octanol–water partition coefficient (Wildman–Crippen LogP) is 1.85. The lowest BCUT2D eigenvalue weighted by Crippen LogP contribution is -2.43. The highest BCUT2D eigenvalue weighted by molar-refractivity contribution is 5.80. The number of hydrogen-bond acceptors (Lipinski definition) is 2. The first-order chi connectivity index (χ1) is 8.93. The fraction of sp³-hybridized carbons (Fsp3) is 0.800. The van der Waals surface area contributed by atoms with Crippen LogP contribution in [0.15, 0.2) is 17.1 Å². The van der Waals surface area contributed by atoms with Gasteiger partial charge in [0.05, 0.1) is 0 Å². The normalized spacial score (nSPS) is 17.3. The number of aliphatic imine (C=N–C) groups is 1. The lowest BCUT2D eigenvalue weighted by molar-refractivity contribution is 0.248. The Bertz CT molecular complexity index is 310. The third-order valence-electron chi connectivity index (χ3n) is 3.10. The Morgan fingerprint density at radius 3 is 2.47 bits per heavy atom. The topological polar surface area (TPSA) is 39.7 Å². The van der Waals surface area contributed by atoms with E-state index in [1.54, 1.807) is 0 Å². The van der Waals surface area contributed by atoms with E-state index in [1.807, 2.05) is 0 Å². The van der Waals surface area contributed by atoms with Gasteiger partial charge in [-0.3, -0.25) is 4.99 Å². The zero-order chi connectivity index (χ0) is 14.3. The minimum atomic E-state index is 0.194. The second-order valence-electron chi connectivity index (χ2n) is 6.38. The Hall–Kier alpha value is -1.03. The minimum absolute atomic E-state index is 0.194. The van der Waals surface area contributed by atoms with Crippen molar-refractivity contribution in [3.63, 3.8) is 0 Å². The van der Waals surface area contributed by atoms with E-state index in [4.69, 9.17) is 4.99 Å². The van der Waals surface area contributed by atoms with Crippen LogP contribution < -0.4 is 10.6 Å². The van der Waals surface area contributed by atoms with Gasteiger partial charge in [-0.15, -0.1) is 0 Å². The van der Waals surface area contributed by atoms with Crippen LogP contribution in [-0.2, 0) is 0 Å². The Kier molecular flexibility index (Phi) is 6.35. The molecule has 0 bridgehead atoms. The summed E-state index contributed by atoms with van der Waals surface area (Å²) in [4.78, 5) is 6.96. The quantitative estimate of drug-likeness (QED) is 0.438. The fourth-order valence-corrected chi connectivity index (χ4v) is 2.45. The molecule has 4 heteroatoms. The van der Waals surface area contributed by atoms with Gasteiger partial charge in [-0.25, -0.2) is 0 Å². The second kappa shape index (κ2) is 7.53. The largest absolute Gasteiger partial charge is 0.357 e.